The zero-order chi connectivity index (χ0) is 17.8. The van der Waals surface area contributed by atoms with Crippen molar-refractivity contribution < 1.29 is 14.4 Å². The molecular weight excluding hydrogens is 336 g/mol. The summed E-state index contributed by atoms with van der Waals surface area (Å²) in [7, 11) is 3.68. The van der Waals surface area contributed by atoms with Crippen LogP contribution in [-0.4, -0.2) is 26.1 Å². The number of rotatable bonds is 7. The van der Waals surface area contributed by atoms with Crippen molar-refractivity contribution in [2.45, 2.75) is 31.5 Å². The van der Waals surface area contributed by atoms with E-state index < -0.39 is 0 Å². The summed E-state index contributed by atoms with van der Waals surface area (Å²) in [4.78, 5) is 13.9. The summed E-state index contributed by atoms with van der Waals surface area (Å²) in [5, 5.41) is 3.81. The maximum Gasteiger partial charge on any atom is 0.283 e. The second-order valence-electron chi connectivity index (χ2n) is 6.61. The van der Waals surface area contributed by atoms with E-state index in [1.807, 2.05) is 55.6 Å². The Bertz CT molecular complexity index is 732. The summed E-state index contributed by atoms with van der Waals surface area (Å²) in [6.45, 7) is 0.640. The van der Waals surface area contributed by atoms with Crippen molar-refractivity contribution >= 4 is 17.5 Å². The fourth-order valence-corrected chi connectivity index (χ4v) is 3.30. The van der Waals surface area contributed by atoms with E-state index in [0.29, 0.717) is 17.6 Å². The molecule has 2 atom stereocenters. The molecule has 0 aromatic heterocycles. The molecule has 1 fully saturated rings. The van der Waals surface area contributed by atoms with Crippen molar-refractivity contribution in [3.63, 3.8) is 0 Å². The second kappa shape index (κ2) is 7.89. The summed E-state index contributed by atoms with van der Waals surface area (Å²) in [5.41, 5.74) is 2.01. The van der Waals surface area contributed by atoms with Crippen LogP contribution in [0.4, 0.5) is 0 Å². The van der Waals surface area contributed by atoms with Gasteiger partial charge in [-0.1, -0.05) is 41.9 Å². The predicted octanol–water partition coefficient (Wildman–Crippen LogP) is 2.38. The molecule has 2 N–H and O–H groups in total. The first-order valence-electron chi connectivity index (χ1n) is 8.58. The Kier molecular flexibility index (Phi) is 5.61. The molecule has 1 saturated carbocycles. The molecule has 4 nitrogen and oxygen atoms in total. The highest BCUT2D eigenvalue weighted by atomic mass is 35.5. The number of nitrogens with one attached hydrogen (secondary N) is 2. The standard InChI is InChI=1S/C20H23ClN2O2/c1-23(13-15-12-16(21)8-11-18(15)25-2)19(14-6-4-3-5-7-14)20(24)22-17-9-10-17/h3-8,11-12,17,19H,9-10,13H2,1-2H3,(H,22,24)/p+1/t19-/m1/s1. The van der Waals surface area contributed by atoms with Crippen molar-refractivity contribution in [2.24, 2.45) is 0 Å². The molecule has 2 aromatic rings. The fourth-order valence-electron chi connectivity index (χ4n) is 3.11. The van der Waals surface area contributed by atoms with Crippen LogP contribution in [0.1, 0.15) is 30.0 Å². The summed E-state index contributed by atoms with van der Waals surface area (Å²) < 4.78 is 5.45. The van der Waals surface area contributed by atoms with Crippen LogP contribution in [0, 0.1) is 0 Å². The smallest absolute Gasteiger partial charge is 0.283 e. The van der Waals surface area contributed by atoms with Crippen molar-refractivity contribution in [1.82, 2.24) is 5.32 Å². The van der Waals surface area contributed by atoms with Crippen LogP contribution in [0.2, 0.25) is 5.02 Å². The maximum atomic E-state index is 12.9. The normalized spacial score (nSPS) is 16.1. The third-order valence-corrected chi connectivity index (χ3v) is 4.76. The highest BCUT2D eigenvalue weighted by Crippen LogP contribution is 2.23. The highest BCUT2D eigenvalue weighted by molar-refractivity contribution is 6.30. The van der Waals surface area contributed by atoms with Crippen molar-refractivity contribution in [2.75, 3.05) is 14.2 Å². The fraction of sp³-hybridized carbons (Fsp3) is 0.350. The molecule has 0 heterocycles. The van der Waals surface area contributed by atoms with E-state index in [-0.39, 0.29) is 11.9 Å². The summed E-state index contributed by atoms with van der Waals surface area (Å²) in [6, 6.07) is 15.6. The molecule has 0 radical (unpaired) electrons. The van der Waals surface area contributed by atoms with E-state index in [9.17, 15) is 4.79 Å². The van der Waals surface area contributed by atoms with Gasteiger partial charge in [-0.2, -0.15) is 0 Å². The van der Waals surface area contributed by atoms with Gasteiger partial charge in [0.25, 0.3) is 5.91 Å². The molecule has 1 amide bonds. The molecule has 0 bridgehead atoms. The lowest BCUT2D eigenvalue weighted by molar-refractivity contribution is -0.916. The van der Waals surface area contributed by atoms with Gasteiger partial charge in [0.15, 0.2) is 6.04 Å². The van der Waals surface area contributed by atoms with Gasteiger partial charge < -0.3 is 15.0 Å². The lowest BCUT2D eigenvalue weighted by atomic mass is 10.0. The molecule has 0 saturated heterocycles. The van der Waals surface area contributed by atoms with Gasteiger partial charge in [0.2, 0.25) is 0 Å². The van der Waals surface area contributed by atoms with Crippen LogP contribution in [-0.2, 0) is 11.3 Å². The van der Waals surface area contributed by atoms with E-state index in [1.165, 1.54) is 0 Å². The average Bonchev–Trinajstić information content (AvgIpc) is 3.40. The van der Waals surface area contributed by atoms with Crippen LogP contribution >= 0.6 is 11.6 Å². The van der Waals surface area contributed by atoms with Crippen molar-refractivity contribution in [1.29, 1.82) is 0 Å². The molecular formula is C20H24ClN2O2+. The molecule has 132 valence electrons. The first kappa shape index (κ1) is 17.8. The monoisotopic (exact) mass is 359 g/mol. The maximum absolute atomic E-state index is 12.9. The molecule has 1 unspecified atom stereocenters. The van der Waals surface area contributed by atoms with Gasteiger partial charge in [-0.05, 0) is 31.0 Å². The van der Waals surface area contributed by atoms with E-state index in [1.54, 1.807) is 7.11 Å². The van der Waals surface area contributed by atoms with Gasteiger partial charge in [0.05, 0.1) is 14.2 Å². The average molecular weight is 360 g/mol. The number of likely N-dealkylation sites (N-methyl/N-ethyl adjacent to an activating group) is 1. The van der Waals surface area contributed by atoms with E-state index in [4.69, 9.17) is 16.3 Å². The molecule has 0 aliphatic heterocycles. The zero-order valence-electron chi connectivity index (χ0n) is 14.6. The number of methoxy groups -OCH3 is 1. The van der Waals surface area contributed by atoms with E-state index in [0.717, 1.165) is 34.6 Å². The number of hydrogen-bond donors (Lipinski definition) is 2. The van der Waals surface area contributed by atoms with Crippen LogP contribution in [0.25, 0.3) is 0 Å². The van der Waals surface area contributed by atoms with Crippen LogP contribution in [0.15, 0.2) is 48.5 Å². The first-order valence-corrected chi connectivity index (χ1v) is 8.96. The Morgan fingerprint density at radius 1 is 1.28 bits per heavy atom. The topological polar surface area (TPSA) is 42.8 Å². The number of ether oxygens (including phenoxy) is 1. The number of benzene rings is 2. The van der Waals surface area contributed by atoms with Crippen LogP contribution < -0.4 is 15.0 Å². The van der Waals surface area contributed by atoms with Gasteiger partial charge in [0.1, 0.15) is 12.3 Å². The van der Waals surface area contributed by atoms with Crippen LogP contribution in [0.3, 0.4) is 0 Å². The second-order valence-corrected chi connectivity index (χ2v) is 7.04. The number of quaternary nitrogens is 1. The van der Waals surface area contributed by atoms with Crippen molar-refractivity contribution in [3.05, 3.63) is 64.7 Å². The Hall–Kier alpha value is -2.04. The van der Waals surface area contributed by atoms with Crippen LogP contribution in [0.5, 0.6) is 5.75 Å². The first-order chi connectivity index (χ1) is 12.1. The highest BCUT2D eigenvalue weighted by Gasteiger charge is 2.33. The number of amides is 1. The largest absolute Gasteiger partial charge is 0.496 e. The quantitative estimate of drug-likeness (QED) is 0.797. The van der Waals surface area contributed by atoms with Gasteiger partial charge in [-0.15, -0.1) is 0 Å². The van der Waals surface area contributed by atoms with Gasteiger partial charge >= 0.3 is 0 Å². The van der Waals surface area contributed by atoms with Crippen molar-refractivity contribution in [3.8, 4) is 5.75 Å². The minimum Gasteiger partial charge on any atom is -0.496 e. The summed E-state index contributed by atoms with van der Waals surface area (Å²) >= 11 is 6.15. The third-order valence-electron chi connectivity index (χ3n) is 4.52. The minimum atomic E-state index is -0.273. The Balaban J connectivity index is 1.84. The van der Waals surface area contributed by atoms with Gasteiger partial charge in [-0.25, -0.2) is 0 Å². The molecule has 25 heavy (non-hydrogen) atoms. The third kappa shape index (κ3) is 4.53. The molecule has 0 spiro atoms. The minimum absolute atomic E-state index is 0.0761. The zero-order valence-corrected chi connectivity index (χ0v) is 15.3. The Morgan fingerprint density at radius 3 is 2.64 bits per heavy atom. The van der Waals surface area contributed by atoms with Gasteiger partial charge in [0, 0.05) is 22.2 Å². The van der Waals surface area contributed by atoms with E-state index in [2.05, 4.69) is 5.32 Å². The van der Waals surface area contributed by atoms with E-state index >= 15 is 0 Å². The molecule has 2 aromatic carbocycles. The summed E-state index contributed by atoms with van der Waals surface area (Å²) in [5.74, 6) is 0.866. The van der Waals surface area contributed by atoms with Gasteiger partial charge in [-0.3, -0.25) is 4.79 Å². The molecule has 5 heteroatoms. The number of carbonyl (C=O) groups excluding carboxylic acids is 1. The Labute approximate surface area is 153 Å². The SMILES string of the molecule is COc1ccc(Cl)cc1C[NH+](C)[C@@H](C(=O)NC1CC1)c1ccccc1. The molecule has 1 aliphatic carbocycles. The number of halogens is 1. The molecule has 3 rings (SSSR count). The lowest BCUT2D eigenvalue weighted by Gasteiger charge is -2.25. The lowest BCUT2D eigenvalue weighted by Crippen LogP contribution is -3.09. The number of carbonyl (C=O) groups is 1. The number of hydrogen-bond acceptors (Lipinski definition) is 2. The molecule has 1 aliphatic rings. The summed E-state index contributed by atoms with van der Waals surface area (Å²) in [6.07, 6.45) is 2.16. The Morgan fingerprint density at radius 2 is 2.00 bits per heavy atom. The predicted molar refractivity (Wildman–Crippen MR) is 98.9 cm³/mol.